The minimum absolute atomic E-state index is 0.0643. The first-order chi connectivity index (χ1) is 55.1. The van der Waals surface area contributed by atoms with Crippen LogP contribution in [0.25, 0.3) is 33.4 Å². The van der Waals surface area contributed by atoms with Crippen molar-refractivity contribution in [2.24, 2.45) is 11.7 Å². The van der Waals surface area contributed by atoms with Crippen LogP contribution in [-0.2, 0) is 62.2 Å². The summed E-state index contributed by atoms with van der Waals surface area (Å²) in [5.41, 5.74) is 19.2. The van der Waals surface area contributed by atoms with Crippen LogP contribution in [0.5, 0.6) is 0 Å². The van der Waals surface area contributed by atoms with Crippen LogP contribution in [0.1, 0.15) is 165 Å². The Morgan fingerprint density at radius 1 is 0.395 bits per heavy atom. The van der Waals surface area contributed by atoms with Crippen molar-refractivity contribution in [3.8, 4) is 33.4 Å². The molecule has 9 N–H and O–H groups in total. The number of allylic oxidation sites excluding steroid dienone is 2. The first-order valence-corrected chi connectivity index (χ1v) is 39.0. The van der Waals surface area contributed by atoms with Crippen LogP contribution in [0.15, 0.2) is 262 Å². The van der Waals surface area contributed by atoms with E-state index in [1.165, 1.54) is 0 Å². The number of fused-ring (bicyclic) bond motifs is 9. The lowest BCUT2D eigenvalue weighted by atomic mass is 9.90. The van der Waals surface area contributed by atoms with Crippen molar-refractivity contribution in [2.45, 2.75) is 157 Å². The number of rotatable bonds is 36. The maximum absolute atomic E-state index is 13.6. The zero-order chi connectivity index (χ0) is 81.4. The molecule has 0 heterocycles. The van der Waals surface area contributed by atoms with Crippen LogP contribution in [0.2, 0.25) is 0 Å². The zero-order valence-corrected chi connectivity index (χ0v) is 64.8. The van der Waals surface area contributed by atoms with Gasteiger partial charge < -0.3 is 56.3 Å². The fourth-order valence-corrected chi connectivity index (χ4v) is 14.7. The number of carboxylic acids is 4. The molecule has 3 amide bonds. The van der Waals surface area contributed by atoms with Crippen LogP contribution in [0.3, 0.4) is 0 Å². The minimum Gasteiger partial charge on any atom is -0.480 e. The summed E-state index contributed by atoms with van der Waals surface area (Å²) in [6.07, 6.45) is 13.5. The third-order valence-corrected chi connectivity index (χ3v) is 21.0. The molecule has 114 heavy (non-hydrogen) atoms. The summed E-state index contributed by atoms with van der Waals surface area (Å²) >= 11 is 0. The molecule has 0 aromatic heterocycles. The second-order valence-electron chi connectivity index (χ2n) is 29.4. The number of carbonyl (C=O) groups is 8. The molecular formula is C95H104N4O15. The second-order valence-corrected chi connectivity index (χ2v) is 29.4. The van der Waals surface area contributed by atoms with Gasteiger partial charge in [0.05, 0.1) is 12.3 Å². The van der Waals surface area contributed by atoms with Gasteiger partial charge in [0.25, 0.3) is 0 Å². The van der Waals surface area contributed by atoms with Crippen molar-refractivity contribution < 1.29 is 73.0 Å². The highest BCUT2D eigenvalue weighted by Gasteiger charge is 2.39. The van der Waals surface area contributed by atoms with Gasteiger partial charge in [0.1, 0.15) is 43.0 Å². The van der Waals surface area contributed by atoms with E-state index in [0.29, 0.717) is 25.7 Å². The van der Waals surface area contributed by atoms with E-state index < -0.39 is 77.0 Å². The molecule has 0 saturated carbocycles. The molecule has 1 unspecified atom stereocenters. The highest BCUT2D eigenvalue weighted by molar-refractivity contribution is 5.90. The average Bonchev–Trinajstić information content (AvgIpc) is 1.63. The number of nitrogens with two attached hydrogens (primary N) is 1. The SMILES string of the molecule is C=CCCCCCC[C@@](C)(N)C(=O)O.C=CCCCCCC[C@@](C)(NC(=O)[C@@H](CC(=O)OCC1c2ccccc2-c2ccccc21)Cc1ccccc1)C(=O)O.O=C(NC(Cc1ccccc1)C(=O)O)OCC1c2ccccc2-c2ccccc21.O=C(N[C@@H](Cc1ccccc1)C(=O)O)OCC1c2ccccc2-c2ccccc21. The van der Waals surface area contributed by atoms with E-state index in [4.69, 9.17) is 25.1 Å². The Morgan fingerprint density at radius 2 is 0.693 bits per heavy atom. The lowest BCUT2D eigenvalue weighted by Crippen LogP contribution is -2.54. The van der Waals surface area contributed by atoms with Crippen molar-refractivity contribution in [1.82, 2.24) is 16.0 Å². The van der Waals surface area contributed by atoms with Gasteiger partial charge in [0.2, 0.25) is 5.91 Å². The van der Waals surface area contributed by atoms with E-state index in [0.717, 1.165) is 141 Å². The van der Waals surface area contributed by atoms with E-state index in [9.17, 15) is 53.7 Å². The van der Waals surface area contributed by atoms with E-state index >= 15 is 0 Å². The molecule has 0 saturated heterocycles. The molecule has 3 aliphatic carbocycles. The monoisotopic (exact) mass is 1540 g/mol. The molecule has 0 spiro atoms. The smallest absolute Gasteiger partial charge is 0.407 e. The number of carboxylic acid groups (broad SMARTS) is 4. The third kappa shape index (κ3) is 24.4. The summed E-state index contributed by atoms with van der Waals surface area (Å²) < 4.78 is 16.7. The maximum Gasteiger partial charge on any atom is 0.407 e. The van der Waals surface area contributed by atoms with Gasteiger partial charge in [-0.3, -0.25) is 14.4 Å². The summed E-state index contributed by atoms with van der Waals surface area (Å²) in [4.78, 5) is 97.5. The first kappa shape index (κ1) is 85.8. The van der Waals surface area contributed by atoms with Gasteiger partial charge in [0, 0.05) is 30.6 Å². The molecule has 0 fully saturated rings. The lowest BCUT2D eigenvalue weighted by Gasteiger charge is -2.29. The number of alkyl carbamates (subject to hydrolysis) is 2. The van der Waals surface area contributed by atoms with Gasteiger partial charge in [-0.05, 0) is 142 Å². The molecular weight excluding hydrogens is 1440 g/mol. The molecule has 0 bridgehead atoms. The van der Waals surface area contributed by atoms with Crippen LogP contribution in [0, 0.1) is 5.92 Å². The number of ether oxygens (including phenoxy) is 3. The quantitative estimate of drug-likeness (QED) is 0.00783. The summed E-state index contributed by atoms with van der Waals surface area (Å²) in [6, 6.07) is 74.3. The molecule has 19 heteroatoms. The Bertz CT molecular complexity index is 4420. The topological polar surface area (TPSA) is 307 Å². The fourth-order valence-electron chi connectivity index (χ4n) is 14.7. The summed E-state index contributed by atoms with van der Waals surface area (Å²) in [7, 11) is 0. The highest BCUT2D eigenvalue weighted by atomic mass is 16.6. The predicted octanol–water partition coefficient (Wildman–Crippen LogP) is 17.8. The number of hydrogen-bond acceptors (Lipinski definition) is 12. The highest BCUT2D eigenvalue weighted by Crippen LogP contribution is 2.47. The Kier molecular flexibility index (Phi) is 32.3. The molecule has 9 aromatic rings. The molecule has 12 rings (SSSR count). The molecule has 19 nitrogen and oxygen atoms in total. The van der Waals surface area contributed by atoms with Gasteiger partial charge in [-0.2, -0.15) is 0 Å². The van der Waals surface area contributed by atoms with E-state index in [1.807, 2.05) is 200 Å². The molecule has 5 atom stereocenters. The number of unbranched alkanes of at least 4 members (excludes halogenated alkanes) is 8. The van der Waals surface area contributed by atoms with Gasteiger partial charge in [0.15, 0.2) is 0 Å². The third-order valence-electron chi connectivity index (χ3n) is 21.0. The van der Waals surface area contributed by atoms with Crippen molar-refractivity contribution in [2.75, 3.05) is 19.8 Å². The Balaban J connectivity index is 0.000000184. The molecule has 3 aliphatic rings. The zero-order valence-electron chi connectivity index (χ0n) is 64.8. The van der Waals surface area contributed by atoms with Crippen molar-refractivity contribution >= 4 is 47.9 Å². The Morgan fingerprint density at radius 3 is 1.01 bits per heavy atom. The number of carbonyl (C=O) groups excluding carboxylic acids is 4. The summed E-state index contributed by atoms with van der Waals surface area (Å²) in [5.74, 6) is -6.10. The van der Waals surface area contributed by atoms with Crippen LogP contribution in [-0.4, -0.2) is 111 Å². The van der Waals surface area contributed by atoms with Crippen molar-refractivity contribution in [3.05, 3.63) is 312 Å². The minimum atomic E-state index is -1.42. The second kappa shape index (κ2) is 43.0. The van der Waals surface area contributed by atoms with Crippen LogP contribution >= 0.6 is 0 Å². The van der Waals surface area contributed by atoms with Gasteiger partial charge in [-0.1, -0.05) is 287 Å². The Labute approximate surface area is 667 Å². The van der Waals surface area contributed by atoms with Crippen LogP contribution in [0.4, 0.5) is 9.59 Å². The van der Waals surface area contributed by atoms with Gasteiger partial charge in [-0.15, -0.1) is 13.2 Å². The van der Waals surface area contributed by atoms with Crippen molar-refractivity contribution in [1.29, 1.82) is 0 Å². The van der Waals surface area contributed by atoms with E-state index in [2.05, 4.69) is 77.6 Å². The maximum atomic E-state index is 13.6. The van der Waals surface area contributed by atoms with Crippen LogP contribution < -0.4 is 21.7 Å². The number of hydrogen-bond donors (Lipinski definition) is 8. The van der Waals surface area contributed by atoms with Gasteiger partial charge >= 0.3 is 42.0 Å². The number of nitrogens with one attached hydrogen (secondary N) is 3. The lowest BCUT2D eigenvalue weighted by molar-refractivity contribution is -0.150. The number of esters is 1. The predicted molar refractivity (Wildman–Crippen MR) is 443 cm³/mol. The Hall–Kier alpha value is -12.2. The standard InChI is InChI=1S/C36H41NO5.2C24H21NO4.C11H21NO2/c1-3-4-5-6-7-15-22-36(2,35(40)41)37-34(39)27(23-26-16-9-8-10-17-26)24-33(38)42-25-32-30-20-13-11-18-28(30)29-19-12-14-21-31(29)32;2*26-23(27)22(14-16-8-2-1-3-9-16)25-24(28)29-15-21-19-12-6-4-10-17(19)18-11-5-7-13-20(18)21;1-3-4-5-6-7-8-9-11(2,12)10(13)14/h3,8-14,16-21,27,32H,1,4-7,15,22-25H2,2H3,(H,37,39)(H,40,41);2*1-13,21-22H,14-15H2,(H,25,28)(H,26,27);3H,1,4-9,12H2,2H3,(H,13,14)/t27-,36-;22-;;11-/m10.1/s1. The number of amides is 3. The largest absolute Gasteiger partial charge is 0.480 e. The van der Waals surface area contributed by atoms with Gasteiger partial charge in [-0.25, -0.2) is 24.0 Å². The molecule has 0 aliphatic heterocycles. The van der Waals surface area contributed by atoms with E-state index in [1.54, 1.807) is 13.8 Å². The summed E-state index contributed by atoms with van der Waals surface area (Å²) in [5, 5.41) is 45.4. The first-order valence-electron chi connectivity index (χ1n) is 39.0. The average molecular weight is 1540 g/mol. The molecule has 594 valence electrons. The molecule has 9 aromatic carbocycles. The van der Waals surface area contributed by atoms with Crippen molar-refractivity contribution in [3.63, 3.8) is 0 Å². The summed E-state index contributed by atoms with van der Waals surface area (Å²) in [6.45, 7) is 11.0. The normalized spacial score (nSPS) is 13.8. The number of benzene rings is 9. The number of aliphatic carboxylic acids is 4. The molecule has 0 radical (unpaired) electrons. The fraction of sp³-hybridized carbons (Fsp3) is 0.305. The van der Waals surface area contributed by atoms with E-state index in [-0.39, 0.29) is 56.8 Å².